The summed E-state index contributed by atoms with van der Waals surface area (Å²) in [5.41, 5.74) is -0.134. The number of carbonyl (C=O) groups excluding carboxylic acids is 1. The van der Waals surface area contributed by atoms with Crippen LogP contribution in [0.3, 0.4) is 0 Å². The lowest BCUT2D eigenvalue weighted by atomic mass is 9.89. The second kappa shape index (κ2) is 5.66. The number of aromatic nitrogens is 2. The van der Waals surface area contributed by atoms with Crippen LogP contribution >= 0.6 is 0 Å². The maximum atomic E-state index is 11.6. The van der Waals surface area contributed by atoms with Crippen LogP contribution in [-0.4, -0.2) is 33.3 Å². The molecule has 0 atom stereocenters. The van der Waals surface area contributed by atoms with Crippen molar-refractivity contribution in [2.75, 3.05) is 6.54 Å². The van der Waals surface area contributed by atoms with Gasteiger partial charge < -0.3 is 10.4 Å². The average Bonchev–Trinajstić information content (AvgIpc) is 2.63. The molecule has 6 nitrogen and oxygen atoms in total. The molecular formula is C12H19N3O3. The molecule has 6 heteroatoms. The molecule has 0 aliphatic heterocycles. The van der Waals surface area contributed by atoms with Crippen LogP contribution in [0.15, 0.2) is 12.3 Å². The standard InChI is InChI=1S/C12H19N3O3/c1-12(2,11(17)18)8-10(16)13-6-4-9-5-7-15(3)14-9/h5,7H,4,6,8H2,1-3H3,(H,13,16)(H,17,18). The molecule has 2 N–H and O–H groups in total. The normalized spacial score (nSPS) is 11.3. The molecule has 0 aliphatic rings. The lowest BCUT2D eigenvalue weighted by molar-refractivity contribution is -0.149. The van der Waals surface area contributed by atoms with Crippen LogP contribution in [0.4, 0.5) is 0 Å². The number of aliphatic carboxylic acids is 1. The second-order valence-corrected chi connectivity index (χ2v) is 4.95. The zero-order valence-electron chi connectivity index (χ0n) is 10.9. The molecule has 0 saturated carbocycles. The van der Waals surface area contributed by atoms with Gasteiger partial charge >= 0.3 is 5.97 Å². The van der Waals surface area contributed by atoms with Gasteiger partial charge in [-0.15, -0.1) is 0 Å². The first kappa shape index (κ1) is 14.2. The summed E-state index contributed by atoms with van der Waals surface area (Å²) in [5.74, 6) is -1.22. The van der Waals surface area contributed by atoms with E-state index in [2.05, 4.69) is 10.4 Å². The summed E-state index contributed by atoms with van der Waals surface area (Å²) >= 11 is 0. The molecule has 0 aromatic carbocycles. The molecule has 0 radical (unpaired) electrons. The Morgan fingerprint density at radius 1 is 1.50 bits per heavy atom. The Kier molecular flexibility index (Phi) is 4.47. The van der Waals surface area contributed by atoms with Crippen molar-refractivity contribution in [3.05, 3.63) is 18.0 Å². The first-order valence-electron chi connectivity index (χ1n) is 5.80. The van der Waals surface area contributed by atoms with Crippen molar-refractivity contribution >= 4 is 11.9 Å². The fourth-order valence-electron chi connectivity index (χ4n) is 1.47. The molecule has 18 heavy (non-hydrogen) atoms. The van der Waals surface area contributed by atoms with Crippen LogP contribution < -0.4 is 5.32 Å². The van der Waals surface area contributed by atoms with Gasteiger partial charge in [0, 0.05) is 32.6 Å². The van der Waals surface area contributed by atoms with E-state index in [9.17, 15) is 9.59 Å². The zero-order chi connectivity index (χ0) is 13.8. The van der Waals surface area contributed by atoms with E-state index in [4.69, 9.17) is 5.11 Å². The van der Waals surface area contributed by atoms with E-state index in [0.29, 0.717) is 13.0 Å². The van der Waals surface area contributed by atoms with Crippen molar-refractivity contribution in [1.29, 1.82) is 0 Å². The summed E-state index contributed by atoms with van der Waals surface area (Å²) in [6, 6.07) is 1.88. The van der Waals surface area contributed by atoms with Gasteiger partial charge in [-0.3, -0.25) is 14.3 Å². The summed E-state index contributed by atoms with van der Waals surface area (Å²) < 4.78 is 1.70. The first-order chi connectivity index (χ1) is 8.31. The van der Waals surface area contributed by atoms with E-state index in [0.717, 1.165) is 5.69 Å². The van der Waals surface area contributed by atoms with Crippen LogP contribution in [0, 0.1) is 5.41 Å². The number of hydrogen-bond acceptors (Lipinski definition) is 3. The highest BCUT2D eigenvalue weighted by molar-refractivity contribution is 5.84. The molecule has 1 aromatic heterocycles. The summed E-state index contributed by atoms with van der Waals surface area (Å²) in [7, 11) is 1.83. The van der Waals surface area contributed by atoms with Gasteiger partial charge in [0.2, 0.25) is 5.91 Å². The van der Waals surface area contributed by atoms with Gasteiger partial charge in [-0.25, -0.2) is 0 Å². The number of nitrogens with zero attached hydrogens (tertiary/aromatic N) is 2. The SMILES string of the molecule is Cn1ccc(CCNC(=O)CC(C)(C)C(=O)O)n1. The Labute approximate surface area is 106 Å². The van der Waals surface area contributed by atoms with E-state index in [-0.39, 0.29) is 12.3 Å². The largest absolute Gasteiger partial charge is 0.481 e. The zero-order valence-corrected chi connectivity index (χ0v) is 10.9. The number of amides is 1. The first-order valence-corrected chi connectivity index (χ1v) is 5.80. The number of carbonyl (C=O) groups is 2. The Morgan fingerprint density at radius 3 is 2.67 bits per heavy atom. The van der Waals surface area contributed by atoms with E-state index in [1.165, 1.54) is 13.8 Å². The molecule has 0 fully saturated rings. The van der Waals surface area contributed by atoms with Gasteiger partial charge in [0.25, 0.3) is 0 Å². The molecule has 0 aliphatic carbocycles. The van der Waals surface area contributed by atoms with Gasteiger partial charge in [-0.2, -0.15) is 5.10 Å². The van der Waals surface area contributed by atoms with Crippen molar-refractivity contribution in [2.45, 2.75) is 26.7 Å². The van der Waals surface area contributed by atoms with E-state index in [1.807, 2.05) is 19.3 Å². The maximum Gasteiger partial charge on any atom is 0.309 e. The number of aryl methyl sites for hydroxylation is 1. The Balaban J connectivity index is 2.32. The number of carboxylic acids is 1. The van der Waals surface area contributed by atoms with Gasteiger partial charge in [0.15, 0.2) is 0 Å². The topological polar surface area (TPSA) is 84.2 Å². The van der Waals surface area contributed by atoms with E-state index in [1.54, 1.807) is 4.68 Å². The molecular weight excluding hydrogens is 234 g/mol. The quantitative estimate of drug-likeness (QED) is 0.776. The minimum Gasteiger partial charge on any atom is -0.481 e. The molecule has 0 unspecified atom stereocenters. The number of rotatable bonds is 6. The van der Waals surface area contributed by atoms with Crippen molar-refractivity contribution in [2.24, 2.45) is 12.5 Å². The lowest BCUT2D eigenvalue weighted by Gasteiger charge is -2.17. The molecule has 1 aromatic rings. The average molecular weight is 253 g/mol. The Bertz CT molecular complexity index is 438. The van der Waals surface area contributed by atoms with Gasteiger partial charge in [-0.05, 0) is 19.9 Å². The summed E-state index contributed by atoms with van der Waals surface area (Å²) in [5, 5.41) is 15.8. The molecule has 0 saturated heterocycles. The molecule has 0 bridgehead atoms. The second-order valence-electron chi connectivity index (χ2n) is 4.95. The highest BCUT2D eigenvalue weighted by Crippen LogP contribution is 2.19. The van der Waals surface area contributed by atoms with Crippen molar-refractivity contribution in [3.63, 3.8) is 0 Å². The molecule has 1 rings (SSSR count). The van der Waals surface area contributed by atoms with E-state index < -0.39 is 11.4 Å². The predicted molar refractivity (Wildman–Crippen MR) is 66.0 cm³/mol. The van der Waals surface area contributed by atoms with Crippen molar-refractivity contribution < 1.29 is 14.7 Å². The van der Waals surface area contributed by atoms with Crippen LogP contribution in [-0.2, 0) is 23.1 Å². The molecule has 0 spiro atoms. The third-order valence-corrected chi connectivity index (χ3v) is 2.65. The minimum atomic E-state index is -1.03. The molecule has 1 heterocycles. The van der Waals surface area contributed by atoms with Crippen LogP contribution in [0.1, 0.15) is 26.0 Å². The predicted octanol–water partition coefficient (Wildman–Crippen LogP) is 0.580. The van der Waals surface area contributed by atoms with Crippen molar-refractivity contribution in [3.8, 4) is 0 Å². The molecule has 1 amide bonds. The lowest BCUT2D eigenvalue weighted by Crippen LogP contribution is -2.34. The third kappa shape index (κ3) is 4.20. The number of nitrogens with one attached hydrogen (secondary N) is 1. The van der Waals surface area contributed by atoms with Crippen LogP contribution in [0.5, 0.6) is 0 Å². The van der Waals surface area contributed by atoms with Crippen molar-refractivity contribution in [1.82, 2.24) is 15.1 Å². The smallest absolute Gasteiger partial charge is 0.309 e. The van der Waals surface area contributed by atoms with Gasteiger partial charge in [0.05, 0.1) is 11.1 Å². The monoisotopic (exact) mass is 253 g/mol. The molecule has 100 valence electrons. The summed E-state index contributed by atoms with van der Waals surface area (Å²) in [6.45, 7) is 3.53. The summed E-state index contributed by atoms with van der Waals surface area (Å²) in [4.78, 5) is 22.4. The summed E-state index contributed by atoms with van der Waals surface area (Å²) in [6.07, 6.45) is 2.45. The maximum absolute atomic E-state index is 11.6. The highest BCUT2D eigenvalue weighted by atomic mass is 16.4. The Hall–Kier alpha value is -1.85. The third-order valence-electron chi connectivity index (χ3n) is 2.65. The highest BCUT2D eigenvalue weighted by Gasteiger charge is 2.29. The van der Waals surface area contributed by atoms with E-state index >= 15 is 0 Å². The van der Waals surface area contributed by atoms with Gasteiger partial charge in [0.1, 0.15) is 0 Å². The number of hydrogen-bond donors (Lipinski definition) is 2. The van der Waals surface area contributed by atoms with Crippen LogP contribution in [0.25, 0.3) is 0 Å². The fourth-order valence-corrected chi connectivity index (χ4v) is 1.47. The fraction of sp³-hybridized carbons (Fsp3) is 0.583. The van der Waals surface area contributed by atoms with Gasteiger partial charge in [-0.1, -0.05) is 0 Å². The van der Waals surface area contributed by atoms with Crippen LogP contribution in [0.2, 0.25) is 0 Å². The Morgan fingerprint density at radius 2 is 2.17 bits per heavy atom. The minimum absolute atomic E-state index is 0.0233. The number of carboxylic acid groups (broad SMARTS) is 1.